The molecule has 0 spiro atoms. The summed E-state index contributed by atoms with van der Waals surface area (Å²) in [5, 5.41) is 1.05. The van der Waals surface area contributed by atoms with Crippen molar-refractivity contribution in [2.75, 3.05) is 13.0 Å². The van der Waals surface area contributed by atoms with Gasteiger partial charge in [-0.25, -0.2) is 4.79 Å². The highest BCUT2D eigenvalue weighted by Crippen LogP contribution is 2.41. The van der Waals surface area contributed by atoms with Gasteiger partial charge in [0.2, 0.25) is 5.91 Å². The molecule has 4 rings (SSSR count). The highest BCUT2D eigenvalue weighted by atomic mass is 79.9. The summed E-state index contributed by atoms with van der Waals surface area (Å²) in [7, 11) is 1.34. The molecule has 28 heavy (non-hydrogen) atoms. The van der Waals surface area contributed by atoms with Gasteiger partial charge in [-0.05, 0) is 29.3 Å². The fraction of sp³-hybridized carbons (Fsp3) is 0.238. The minimum Gasteiger partial charge on any atom is -0.467 e. The van der Waals surface area contributed by atoms with E-state index in [9.17, 15) is 9.59 Å². The van der Waals surface area contributed by atoms with Crippen molar-refractivity contribution < 1.29 is 14.3 Å². The molecule has 0 bridgehead atoms. The van der Waals surface area contributed by atoms with Crippen LogP contribution in [0.1, 0.15) is 22.9 Å². The van der Waals surface area contributed by atoms with E-state index in [-0.39, 0.29) is 11.8 Å². The molecule has 2 heterocycles. The minimum absolute atomic E-state index is 0.212. The summed E-state index contributed by atoms with van der Waals surface area (Å²) in [5.74, 6) is -0.971. The number of benzene rings is 2. The van der Waals surface area contributed by atoms with E-state index < -0.39 is 18.1 Å². The number of carbonyl (C=O) groups excluding carboxylic acids is 2. The van der Waals surface area contributed by atoms with Crippen LogP contribution >= 0.6 is 27.5 Å². The molecule has 0 radical (unpaired) electrons. The fourth-order valence-electron chi connectivity index (χ4n) is 3.98. The lowest BCUT2D eigenvalue weighted by Gasteiger charge is -2.40. The van der Waals surface area contributed by atoms with E-state index in [4.69, 9.17) is 16.3 Å². The Morgan fingerprint density at radius 1 is 1.21 bits per heavy atom. The molecule has 5 nitrogen and oxygen atoms in total. The number of nitrogens with zero attached hydrogens (tertiary/aromatic N) is 1. The Bertz CT molecular complexity index is 1050. The maximum absolute atomic E-state index is 12.8. The average molecular weight is 462 g/mol. The smallest absolute Gasteiger partial charge is 0.328 e. The van der Waals surface area contributed by atoms with Crippen LogP contribution in [0.15, 0.2) is 53.0 Å². The molecule has 2 aromatic carbocycles. The summed E-state index contributed by atoms with van der Waals surface area (Å²) < 4.78 is 5.96. The quantitative estimate of drug-likeness (QED) is 0.470. The molecular formula is C21H18BrClN2O3. The van der Waals surface area contributed by atoms with Gasteiger partial charge in [0.05, 0.1) is 13.2 Å². The summed E-state index contributed by atoms with van der Waals surface area (Å²) >= 11 is 9.37. The summed E-state index contributed by atoms with van der Waals surface area (Å²) in [5.41, 5.74) is 3.79. The monoisotopic (exact) mass is 460 g/mol. The zero-order valence-electron chi connectivity index (χ0n) is 15.1. The first-order valence-corrected chi connectivity index (χ1v) is 10.2. The molecule has 0 unspecified atom stereocenters. The van der Waals surface area contributed by atoms with Crippen LogP contribution in [0.25, 0.3) is 10.9 Å². The van der Waals surface area contributed by atoms with Crippen molar-refractivity contribution in [2.24, 2.45) is 0 Å². The predicted molar refractivity (Wildman–Crippen MR) is 111 cm³/mol. The number of halogens is 2. The lowest BCUT2D eigenvalue weighted by molar-refractivity contribution is -0.154. The molecule has 1 aliphatic heterocycles. The fourth-order valence-corrected chi connectivity index (χ4v) is 4.38. The standard InChI is InChI=1S/C21H18BrClN2O3/c1-28-21(27)17-10-15-14-4-2-3-5-16(14)24-19(15)20(25(17)18(26)11-23)12-6-8-13(22)9-7-12/h2-9,17,20,24H,10-11H2,1H3/t17-,20+/m1/s1. The van der Waals surface area contributed by atoms with E-state index in [1.807, 2.05) is 48.5 Å². The van der Waals surface area contributed by atoms with Crippen LogP contribution in [0.3, 0.4) is 0 Å². The molecule has 1 amide bonds. The molecule has 1 N–H and O–H groups in total. The van der Waals surface area contributed by atoms with Gasteiger partial charge in [-0.2, -0.15) is 0 Å². The number of methoxy groups -OCH3 is 1. The number of nitrogens with one attached hydrogen (secondary N) is 1. The van der Waals surface area contributed by atoms with Gasteiger partial charge in [0.25, 0.3) is 0 Å². The van der Waals surface area contributed by atoms with E-state index >= 15 is 0 Å². The number of ether oxygens (including phenoxy) is 1. The Kier molecular flexibility index (Phi) is 5.17. The van der Waals surface area contributed by atoms with Crippen molar-refractivity contribution in [3.63, 3.8) is 0 Å². The third-order valence-corrected chi connectivity index (χ3v) is 5.95. The van der Waals surface area contributed by atoms with Gasteiger partial charge in [0, 0.05) is 27.5 Å². The lowest BCUT2D eigenvalue weighted by Crippen LogP contribution is -2.52. The van der Waals surface area contributed by atoms with E-state index in [1.165, 1.54) is 7.11 Å². The van der Waals surface area contributed by atoms with Crippen LogP contribution < -0.4 is 0 Å². The maximum atomic E-state index is 12.8. The van der Waals surface area contributed by atoms with Gasteiger partial charge < -0.3 is 14.6 Å². The first-order valence-electron chi connectivity index (χ1n) is 8.85. The number of aromatic nitrogens is 1. The van der Waals surface area contributed by atoms with Crippen molar-refractivity contribution in [1.82, 2.24) is 9.88 Å². The molecule has 2 atom stereocenters. The number of esters is 1. The van der Waals surface area contributed by atoms with E-state index in [1.54, 1.807) is 4.90 Å². The van der Waals surface area contributed by atoms with E-state index in [2.05, 4.69) is 20.9 Å². The number of aromatic amines is 1. The number of hydrogen-bond donors (Lipinski definition) is 1. The van der Waals surface area contributed by atoms with Gasteiger partial charge in [0.1, 0.15) is 11.9 Å². The number of fused-ring (bicyclic) bond motifs is 3. The van der Waals surface area contributed by atoms with Gasteiger partial charge >= 0.3 is 5.97 Å². The summed E-state index contributed by atoms with van der Waals surface area (Å²) in [6, 6.07) is 14.5. The van der Waals surface area contributed by atoms with Crippen molar-refractivity contribution in [3.05, 3.63) is 69.8 Å². The molecule has 0 fully saturated rings. The maximum Gasteiger partial charge on any atom is 0.328 e. The van der Waals surface area contributed by atoms with Crippen LogP contribution in [0.5, 0.6) is 0 Å². The van der Waals surface area contributed by atoms with Gasteiger partial charge in [-0.1, -0.05) is 46.3 Å². The second-order valence-electron chi connectivity index (χ2n) is 6.69. The van der Waals surface area contributed by atoms with E-state index in [0.29, 0.717) is 6.42 Å². The van der Waals surface area contributed by atoms with Gasteiger partial charge in [-0.3, -0.25) is 4.79 Å². The number of carbonyl (C=O) groups is 2. The lowest BCUT2D eigenvalue weighted by atomic mass is 9.88. The number of amides is 1. The average Bonchev–Trinajstić information content (AvgIpc) is 3.10. The molecule has 1 aromatic heterocycles. The van der Waals surface area contributed by atoms with Crippen molar-refractivity contribution in [1.29, 1.82) is 0 Å². The Balaban J connectivity index is 1.98. The SMILES string of the molecule is COC(=O)[C@H]1Cc2c([nH]c3ccccc23)[C@H](c2ccc(Br)cc2)N1C(=O)CCl. The predicted octanol–water partition coefficient (Wildman–Crippen LogP) is 4.18. The second kappa shape index (κ2) is 7.60. The zero-order chi connectivity index (χ0) is 19.8. The third kappa shape index (κ3) is 3.10. The number of H-pyrrole nitrogens is 1. The molecule has 0 saturated carbocycles. The Morgan fingerprint density at radius 3 is 2.61 bits per heavy atom. The van der Waals surface area contributed by atoms with Crippen LogP contribution in [0.4, 0.5) is 0 Å². The van der Waals surface area contributed by atoms with Crippen LogP contribution in [-0.2, 0) is 20.7 Å². The normalized spacial score (nSPS) is 18.8. The van der Waals surface area contributed by atoms with Gasteiger partial charge in [0.15, 0.2) is 0 Å². The first-order chi connectivity index (χ1) is 13.5. The molecule has 1 aliphatic rings. The number of hydrogen-bond acceptors (Lipinski definition) is 3. The Labute approximate surface area is 175 Å². The molecule has 144 valence electrons. The third-order valence-electron chi connectivity index (χ3n) is 5.19. The molecule has 0 saturated heterocycles. The van der Waals surface area contributed by atoms with Crippen LogP contribution in [0, 0.1) is 0 Å². The zero-order valence-corrected chi connectivity index (χ0v) is 17.5. The molecule has 7 heteroatoms. The highest BCUT2D eigenvalue weighted by molar-refractivity contribution is 9.10. The summed E-state index contributed by atoms with van der Waals surface area (Å²) in [6.45, 7) is 0. The molecular weight excluding hydrogens is 444 g/mol. The summed E-state index contributed by atoms with van der Waals surface area (Å²) in [6.07, 6.45) is 0.377. The van der Waals surface area contributed by atoms with Crippen molar-refractivity contribution in [2.45, 2.75) is 18.5 Å². The van der Waals surface area contributed by atoms with Gasteiger partial charge in [-0.15, -0.1) is 11.6 Å². The minimum atomic E-state index is -0.739. The van der Waals surface area contributed by atoms with Crippen LogP contribution in [0.2, 0.25) is 0 Å². The van der Waals surface area contributed by atoms with E-state index in [0.717, 1.165) is 32.2 Å². The van der Waals surface area contributed by atoms with Crippen molar-refractivity contribution in [3.8, 4) is 0 Å². The van der Waals surface area contributed by atoms with Crippen LogP contribution in [-0.4, -0.2) is 40.8 Å². The summed E-state index contributed by atoms with van der Waals surface area (Å²) in [4.78, 5) is 30.5. The van der Waals surface area contributed by atoms with Crippen molar-refractivity contribution >= 4 is 50.3 Å². The molecule has 3 aromatic rings. The second-order valence-corrected chi connectivity index (χ2v) is 7.88. The topological polar surface area (TPSA) is 62.4 Å². The first kappa shape index (κ1) is 19.0. The number of rotatable bonds is 3. The number of alkyl halides is 1. The Morgan fingerprint density at radius 2 is 1.93 bits per heavy atom. The number of para-hydroxylation sites is 1. The largest absolute Gasteiger partial charge is 0.467 e. The Hall–Kier alpha value is -2.31. The highest BCUT2D eigenvalue weighted by Gasteiger charge is 2.43. The molecule has 0 aliphatic carbocycles.